The quantitative estimate of drug-likeness (QED) is 0.180. The summed E-state index contributed by atoms with van der Waals surface area (Å²) in [5, 5.41) is 16.7. The largest absolute Gasteiger partial charge is 0.488 e. The number of amides is 3. The van der Waals surface area contributed by atoms with E-state index in [2.05, 4.69) is 21.7 Å². The minimum atomic E-state index is -0.317. The first kappa shape index (κ1) is 29.7. The first-order chi connectivity index (χ1) is 22.0. The van der Waals surface area contributed by atoms with Crippen molar-refractivity contribution in [3.8, 4) is 23.3 Å². The molecule has 3 heterocycles. The fourth-order valence-electron chi connectivity index (χ4n) is 5.09. The van der Waals surface area contributed by atoms with Crippen LogP contribution < -0.4 is 25.0 Å². The molecule has 0 atom stereocenters. The minimum absolute atomic E-state index is 0.0186. The van der Waals surface area contributed by atoms with Crippen LogP contribution in [0.4, 0.5) is 26.9 Å². The SMILES string of the molecule is CC.Cc1cc(Oc2cccc(COc3ccccc3C#N)c2)ccc1N1C(=O)Nc2c(NC(=O)C3CC3)sc3nccc1c23. The van der Waals surface area contributed by atoms with E-state index in [0.29, 0.717) is 44.9 Å². The highest BCUT2D eigenvalue weighted by Gasteiger charge is 2.34. The predicted octanol–water partition coefficient (Wildman–Crippen LogP) is 8.91. The first-order valence-electron chi connectivity index (χ1n) is 14.8. The number of thiophene rings is 1. The third kappa shape index (κ3) is 6.03. The van der Waals surface area contributed by atoms with Gasteiger partial charge in [-0.05, 0) is 79.4 Å². The molecule has 226 valence electrons. The van der Waals surface area contributed by atoms with Gasteiger partial charge in [0, 0.05) is 12.1 Å². The van der Waals surface area contributed by atoms with Gasteiger partial charge in [0.15, 0.2) is 0 Å². The van der Waals surface area contributed by atoms with Gasteiger partial charge in [-0.25, -0.2) is 9.78 Å². The summed E-state index contributed by atoms with van der Waals surface area (Å²) < 4.78 is 12.0. The fourth-order valence-corrected chi connectivity index (χ4v) is 6.12. The number of nitriles is 1. The molecular weight excluding hydrogens is 586 g/mol. The van der Waals surface area contributed by atoms with Gasteiger partial charge in [0.2, 0.25) is 5.91 Å². The molecule has 3 aromatic carbocycles. The Labute approximate surface area is 265 Å². The summed E-state index contributed by atoms with van der Waals surface area (Å²) in [6, 6.07) is 23.9. The highest BCUT2D eigenvalue weighted by Crippen LogP contribution is 2.49. The second-order valence-electron chi connectivity index (χ2n) is 10.4. The molecule has 1 aliphatic carbocycles. The molecule has 10 heteroatoms. The number of para-hydroxylation sites is 1. The van der Waals surface area contributed by atoms with Crippen molar-refractivity contribution in [2.75, 3.05) is 15.5 Å². The van der Waals surface area contributed by atoms with E-state index >= 15 is 0 Å². The van der Waals surface area contributed by atoms with Crippen LogP contribution in [0, 0.1) is 24.2 Å². The lowest BCUT2D eigenvalue weighted by atomic mass is 10.1. The summed E-state index contributed by atoms with van der Waals surface area (Å²) >= 11 is 1.36. The van der Waals surface area contributed by atoms with Gasteiger partial charge in [-0.15, -0.1) is 0 Å². The molecule has 2 N–H and O–H groups in total. The van der Waals surface area contributed by atoms with Crippen molar-refractivity contribution in [3.63, 3.8) is 0 Å². The van der Waals surface area contributed by atoms with Crippen LogP contribution in [0.25, 0.3) is 10.2 Å². The molecule has 0 radical (unpaired) electrons. The zero-order valence-corrected chi connectivity index (χ0v) is 25.9. The Balaban J connectivity index is 0.00000175. The zero-order valence-electron chi connectivity index (χ0n) is 25.1. The number of anilines is 4. The van der Waals surface area contributed by atoms with Crippen LogP contribution in [-0.2, 0) is 11.4 Å². The number of nitrogens with zero attached hydrogens (tertiary/aromatic N) is 3. The van der Waals surface area contributed by atoms with E-state index in [1.54, 1.807) is 29.3 Å². The van der Waals surface area contributed by atoms with Crippen LogP contribution >= 0.6 is 11.3 Å². The summed E-state index contributed by atoms with van der Waals surface area (Å²) in [5.74, 6) is 1.82. The number of pyridine rings is 1. The monoisotopic (exact) mass is 617 g/mol. The second kappa shape index (κ2) is 12.7. The predicted molar refractivity (Wildman–Crippen MR) is 177 cm³/mol. The average molecular weight is 618 g/mol. The number of hydrogen-bond donors (Lipinski definition) is 2. The number of carbonyl (C=O) groups is 2. The summed E-state index contributed by atoms with van der Waals surface area (Å²) in [6.45, 7) is 6.21. The van der Waals surface area contributed by atoms with Crippen LogP contribution in [0.15, 0.2) is 79.0 Å². The van der Waals surface area contributed by atoms with Gasteiger partial charge < -0.3 is 20.1 Å². The molecule has 0 saturated heterocycles. The Kier molecular flexibility index (Phi) is 8.36. The topological polar surface area (TPSA) is 117 Å². The van der Waals surface area contributed by atoms with Gasteiger partial charge in [0.1, 0.15) is 39.8 Å². The molecule has 45 heavy (non-hydrogen) atoms. The van der Waals surface area contributed by atoms with Gasteiger partial charge in [-0.1, -0.05) is 49.4 Å². The Morgan fingerprint density at radius 1 is 1.07 bits per heavy atom. The molecule has 0 bridgehead atoms. The molecule has 0 spiro atoms. The summed E-state index contributed by atoms with van der Waals surface area (Å²) in [7, 11) is 0. The van der Waals surface area contributed by atoms with Crippen LogP contribution in [0.2, 0.25) is 0 Å². The van der Waals surface area contributed by atoms with Crippen molar-refractivity contribution in [1.82, 2.24) is 4.98 Å². The average Bonchev–Trinajstić information content (AvgIpc) is 3.86. The lowest BCUT2D eigenvalue weighted by molar-refractivity contribution is -0.117. The number of aryl methyl sites for hydroxylation is 1. The maximum Gasteiger partial charge on any atom is 0.331 e. The number of aromatic nitrogens is 1. The second-order valence-corrected chi connectivity index (χ2v) is 11.4. The maximum atomic E-state index is 13.5. The summed E-state index contributed by atoms with van der Waals surface area (Å²) in [4.78, 5) is 32.8. The molecule has 2 aliphatic rings. The number of hydrogen-bond acceptors (Lipinski definition) is 7. The third-order valence-corrected chi connectivity index (χ3v) is 8.39. The smallest absolute Gasteiger partial charge is 0.331 e. The number of benzene rings is 3. The Hall–Kier alpha value is -5.40. The number of ether oxygens (including phenoxy) is 2. The van der Waals surface area contributed by atoms with Gasteiger partial charge in [-0.2, -0.15) is 5.26 Å². The zero-order chi connectivity index (χ0) is 31.5. The van der Waals surface area contributed by atoms with Gasteiger partial charge in [-0.3, -0.25) is 9.69 Å². The van der Waals surface area contributed by atoms with Crippen molar-refractivity contribution in [2.24, 2.45) is 5.92 Å². The first-order valence-corrected chi connectivity index (χ1v) is 15.6. The van der Waals surface area contributed by atoms with Crippen molar-refractivity contribution in [3.05, 3.63) is 95.7 Å². The lowest BCUT2D eigenvalue weighted by Gasteiger charge is -2.29. The van der Waals surface area contributed by atoms with Gasteiger partial charge in [0.05, 0.1) is 28.0 Å². The van der Waals surface area contributed by atoms with Crippen molar-refractivity contribution in [2.45, 2.75) is 40.2 Å². The van der Waals surface area contributed by atoms with Crippen molar-refractivity contribution in [1.29, 1.82) is 5.26 Å². The van der Waals surface area contributed by atoms with E-state index < -0.39 is 0 Å². The molecule has 1 fully saturated rings. The molecule has 1 aliphatic heterocycles. The Bertz CT molecular complexity index is 1960. The van der Waals surface area contributed by atoms with Crippen LogP contribution in [0.3, 0.4) is 0 Å². The molecule has 1 saturated carbocycles. The Morgan fingerprint density at radius 3 is 2.64 bits per heavy atom. The van der Waals surface area contributed by atoms with E-state index in [4.69, 9.17) is 9.47 Å². The van der Waals surface area contributed by atoms with Crippen LogP contribution in [0.5, 0.6) is 17.2 Å². The molecule has 9 nitrogen and oxygen atoms in total. The fraction of sp³-hybridized carbons (Fsp3) is 0.200. The summed E-state index contributed by atoms with van der Waals surface area (Å²) in [6.07, 6.45) is 3.47. The molecule has 5 aromatic rings. The van der Waals surface area contributed by atoms with E-state index in [9.17, 15) is 14.9 Å². The van der Waals surface area contributed by atoms with Gasteiger partial charge in [0.25, 0.3) is 0 Å². The number of nitrogens with one attached hydrogen (secondary N) is 2. The lowest BCUT2D eigenvalue weighted by Crippen LogP contribution is -2.34. The van der Waals surface area contributed by atoms with E-state index in [0.717, 1.165) is 34.2 Å². The van der Waals surface area contributed by atoms with E-state index in [1.807, 2.05) is 75.4 Å². The van der Waals surface area contributed by atoms with Crippen molar-refractivity contribution < 1.29 is 19.1 Å². The molecule has 0 unspecified atom stereocenters. The number of rotatable bonds is 8. The minimum Gasteiger partial charge on any atom is -0.488 e. The normalized spacial score (nSPS) is 13.3. The molecule has 2 aromatic heterocycles. The third-order valence-electron chi connectivity index (χ3n) is 7.38. The van der Waals surface area contributed by atoms with Crippen LogP contribution in [-0.4, -0.2) is 16.9 Å². The Morgan fingerprint density at radius 2 is 1.87 bits per heavy atom. The summed E-state index contributed by atoms with van der Waals surface area (Å²) in [5.41, 5.74) is 4.22. The number of carbonyl (C=O) groups excluding carboxylic acids is 2. The standard InChI is InChI=1S/C33H25N5O4S.C2H6/c1-19-15-24(42-23-7-4-5-20(16-23)18-41-27-8-3-2-6-22(27)17-34)11-12-25(19)38-26-13-14-35-31-28(26)29(36-33(38)40)32(43-31)37-30(39)21-9-10-21;1-2/h2-8,11-16,21H,9-10,18H2,1H3,(H,36,40)(H,37,39);1-2H3. The highest BCUT2D eigenvalue weighted by atomic mass is 32.1. The van der Waals surface area contributed by atoms with Crippen molar-refractivity contribution >= 4 is 55.6 Å². The molecule has 3 amide bonds. The van der Waals surface area contributed by atoms with Crippen LogP contribution in [0.1, 0.15) is 43.4 Å². The molecule has 7 rings (SSSR count). The maximum absolute atomic E-state index is 13.5. The number of urea groups is 1. The highest BCUT2D eigenvalue weighted by molar-refractivity contribution is 7.23. The van der Waals surface area contributed by atoms with E-state index in [-0.39, 0.29) is 24.5 Å². The van der Waals surface area contributed by atoms with Gasteiger partial charge >= 0.3 is 6.03 Å². The van der Waals surface area contributed by atoms with E-state index in [1.165, 1.54) is 11.3 Å². The molecular formula is C35H31N5O4S.